The van der Waals surface area contributed by atoms with Crippen molar-refractivity contribution in [1.82, 2.24) is 5.32 Å². The van der Waals surface area contributed by atoms with Crippen LogP contribution < -0.4 is 15.0 Å². The van der Waals surface area contributed by atoms with E-state index in [0.717, 1.165) is 6.07 Å². The highest BCUT2D eigenvalue weighted by Crippen LogP contribution is 2.20. The summed E-state index contributed by atoms with van der Waals surface area (Å²) in [5.74, 6) is -1.55. The minimum Gasteiger partial charge on any atom is -0.467 e. The zero-order chi connectivity index (χ0) is 23.8. The largest absolute Gasteiger partial charge is 0.467 e. The lowest BCUT2D eigenvalue weighted by atomic mass is 10.1. The standard InChI is InChI=1S/C23H20F2N2O6/c1-27(19-10-3-2-9-18(19)21(29)26-13-17-8-5-11-31-17)20(28)14-32-22(30)15-6-4-7-16(12-15)33-23(24)25/h2-12,23H,13-14H2,1H3,(H,26,29). The Hall–Kier alpha value is -4.21. The van der Waals surface area contributed by atoms with Crippen molar-refractivity contribution in [2.75, 3.05) is 18.6 Å². The van der Waals surface area contributed by atoms with E-state index >= 15 is 0 Å². The predicted molar refractivity (Wildman–Crippen MR) is 113 cm³/mol. The highest BCUT2D eigenvalue weighted by molar-refractivity contribution is 6.05. The first-order chi connectivity index (χ1) is 15.8. The molecule has 172 valence electrons. The summed E-state index contributed by atoms with van der Waals surface area (Å²) >= 11 is 0. The number of amides is 2. The predicted octanol–water partition coefficient (Wildman–Crippen LogP) is 3.63. The number of anilines is 1. The number of halogens is 2. The zero-order valence-corrected chi connectivity index (χ0v) is 17.5. The lowest BCUT2D eigenvalue weighted by Crippen LogP contribution is -2.33. The normalized spacial score (nSPS) is 10.5. The minimum atomic E-state index is -3.04. The molecule has 8 nitrogen and oxygen atoms in total. The van der Waals surface area contributed by atoms with E-state index in [1.54, 1.807) is 36.4 Å². The van der Waals surface area contributed by atoms with Crippen LogP contribution in [-0.4, -0.2) is 38.0 Å². The Labute approximate surface area is 187 Å². The summed E-state index contributed by atoms with van der Waals surface area (Å²) in [6.07, 6.45) is 1.49. The van der Waals surface area contributed by atoms with Crippen LogP contribution in [0.25, 0.3) is 0 Å². The maximum absolute atomic E-state index is 12.6. The second kappa shape index (κ2) is 10.9. The molecule has 3 rings (SSSR count). The molecule has 1 heterocycles. The Bertz CT molecular complexity index is 1120. The van der Waals surface area contributed by atoms with Crippen LogP contribution in [0.5, 0.6) is 5.75 Å². The van der Waals surface area contributed by atoms with Gasteiger partial charge in [-0.25, -0.2) is 4.79 Å². The number of nitrogens with one attached hydrogen (secondary N) is 1. The molecule has 0 saturated heterocycles. The molecule has 0 aliphatic carbocycles. The van der Waals surface area contributed by atoms with Gasteiger partial charge in [0, 0.05) is 7.05 Å². The molecule has 2 amide bonds. The Morgan fingerprint density at radius 1 is 1.06 bits per heavy atom. The number of rotatable bonds is 9. The van der Waals surface area contributed by atoms with E-state index in [9.17, 15) is 23.2 Å². The molecular formula is C23H20F2N2O6. The molecule has 10 heteroatoms. The summed E-state index contributed by atoms with van der Waals surface area (Å²) in [7, 11) is 1.44. The molecule has 0 unspecified atom stereocenters. The first-order valence-corrected chi connectivity index (χ1v) is 9.73. The fourth-order valence-corrected chi connectivity index (χ4v) is 2.87. The number of alkyl halides is 2. The summed E-state index contributed by atoms with van der Waals surface area (Å²) in [6.45, 7) is -3.50. The molecule has 1 N–H and O–H groups in total. The minimum absolute atomic E-state index is 0.0543. The number of carbonyl (C=O) groups excluding carboxylic acids is 3. The third-order valence-electron chi connectivity index (χ3n) is 4.51. The topological polar surface area (TPSA) is 98.1 Å². The summed E-state index contributed by atoms with van der Waals surface area (Å²) in [4.78, 5) is 38.6. The fraction of sp³-hybridized carbons (Fsp3) is 0.174. The molecule has 2 aromatic carbocycles. The number of likely N-dealkylation sites (N-methyl/N-ethyl adjacent to an activating group) is 1. The van der Waals surface area contributed by atoms with Crippen LogP contribution in [0, 0.1) is 0 Å². The fourth-order valence-electron chi connectivity index (χ4n) is 2.87. The number of furan rings is 1. The molecule has 33 heavy (non-hydrogen) atoms. The molecular weight excluding hydrogens is 438 g/mol. The van der Waals surface area contributed by atoms with Gasteiger partial charge in [-0.05, 0) is 42.5 Å². The number of carbonyl (C=O) groups is 3. The van der Waals surface area contributed by atoms with Crippen molar-refractivity contribution in [3.8, 4) is 5.75 Å². The Morgan fingerprint density at radius 3 is 2.58 bits per heavy atom. The maximum Gasteiger partial charge on any atom is 0.387 e. The van der Waals surface area contributed by atoms with E-state index < -0.39 is 31.0 Å². The van der Waals surface area contributed by atoms with Crippen LogP contribution >= 0.6 is 0 Å². The average molecular weight is 458 g/mol. The van der Waals surface area contributed by atoms with E-state index in [0.29, 0.717) is 11.4 Å². The monoisotopic (exact) mass is 458 g/mol. The van der Waals surface area contributed by atoms with Crippen LogP contribution in [0.3, 0.4) is 0 Å². The van der Waals surface area contributed by atoms with Gasteiger partial charge in [0.25, 0.3) is 11.8 Å². The van der Waals surface area contributed by atoms with Gasteiger partial charge in [0.05, 0.1) is 29.6 Å². The lowest BCUT2D eigenvalue weighted by molar-refractivity contribution is -0.121. The number of para-hydroxylation sites is 1. The van der Waals surface area contributed by atoms with E-state index in [1.165, 1.54) is 36.4 Å². The van der Waals surface area contributed by atoms with E-state index in [4.69, 9.17) is 9.15 Å². The first kappa shape index (κ1) is 23.5. The van der Waals surface area contributed by atoms with Crippen molar-refractivity contribution in [3.63, 3.8) is 0 Å². The summed E-state index contributed by atoms with van der Waals surface area (Å²) in [6, 6.07) is 14.9. The number of hydrogen-bond donors (Lipinski definition) is 1. The molecule has 0 spiro atoms. The first-order valence-electron chi connectivity index (χ1n) is 9.73. The van der Waals surface area contributed by atoms with Crippen molar-refractivity contribution >= 4 is 23.5 Å². The average Bonchev–Trinajstić information content (AvgIpc) is 3.33. The van der Waals surface area contributed by atoms with Crippen LogP contribution in [0.15, 0.2) is 71.3 Å². The third-order valence-corrected chi connectivity index (χ3v) is 4.51. The zero-order valence-electron chi connectivity index (χ0n) is 17.5. The van der Waals surface area contributed by atoms with Gasteiger partial charge in [0.1, 0.15) is 11.5 Å². The molecule has 0 radical (unpaired) electrons. The van der Waals surface area contributed by atoms with Gasteiger partial charge in [0.15, 0.2) is 6.61 Å². The highest BCUT2D eigenvalue weighted by atomic mass is 19.3. The van der Waals surface area contributed by atoms with Gasteiger partial charge < -0.3 is 24.1 Å². The van der Waals surface area contributed by atoms with Gasteiger partial charge in [-0.15, -0.1) is 0 Å². The van der Waals surface area contributed by atoms with Crippen molar-refractivity contribution in [3.05, 3.63) is 83.8 Å². The molecule has 1 aromatic heterocycles. The third kappa shape index (κ3) is 6.39. The molecule has 0 bridgehead atoms. The number of hydrogen-bond acceptors (Lipinski definition) is 6. The van der Waals surface area contributed by atoms with E-state index in [-0.39, 0.29) is 23.4 Å². The van der Waals surface area contributed by atoms with Crippen molar-refractivity contribution in [2.45, 2.75) is 13.2 Å². The van der Waals surface area contributed by atoms with Gasteiger partial charge in [-0.3, -0.25) is 9.59 Å². The van der Waals surface area contributed by atoms with Crippen molar-refractivity contribution in [2.24, 2.45) is 0 Å². The van der Waals surface area contributed by atoms with Gasteiger partial charge in [-0.2, -0.15) is 8.78 Å². The number of ether oxygens (including phenoxy) is 2. The molecule has 0 aliphatic heterocycles. The quantitative estimate of drug-likeness (QED) is 0.492. The molecule has 0 saturated carbocycles. The Kier molecular flexibility index (Phi) is 7.74. The summed E-state index contributed by atoms with van der Waals surface area (Å²) < 4.78 is 39.1. The maximum atomic E-state index is 12.6. The Morgan fingerprint density at radius 2 is 1.85 bits per heavy atom. The smallest absolute Gasteiger partial charge is 0.387 e. The Balaban J connectivity index is 1.62. The number of esters is 1. The van der Waals surface area contributed by atoms with Crippen LogP contribution in [0.2, 0.25) is 0 Å². The second-order valence-electron chi connectivity index (χ2n) is 6.71. The van der Waals surface area contributed by atoms with E-state index in [1.807, 2.05) is 0 Å². The molecule has 0 aliphatic rings. The van der Waals surface area contributed by atoms with Crippen LogP contribution in [0.4, 0.5) is 14.5 Å². The van der Waals surface area contributed by atoms with Crippen molar-refractivity contribution < 1.29 is 37.1 Å². The van der Waals surface area contributed by atoms with Crippen molar-refractivity contribution in [1.29, 1.82) is 0 Å². The summed E-state index contributed by atoms with van der Waals surface area (Å²) in [5.41, 5.74) is 0.493. The molecule has 0 fully saturated rings. The second-order valence-corrected chi connectivity index (χ2v) is 6.71. The van der Waals surface area contributed by atoms with Gasteiger partial charge in [0.2, 0.25) is 0 Å². The van der Waals surface area contributed by atoms with Gasteiger partial charge in [-0.1, -0.05) is 18.2 Å². The van der Waals surface area contributed by atoms with Gasteiger partial charge >= 0.3 is 12.6 Å². The lowest BCUT2D eigenvalue weighted by Gasteiger charge is -2.20. The SMILES string of the molecule is CN(C(=O)COC(=O)c1cccc(OC(F)F)c1)c1ccccc1C(=O)NCc1ccco1. The van der Waals surface area contributed by atoms with E-state index in [2.05, 4.69) is 10.1 Å². The number of nitrogens with zero attached hydrogens (tertiary/aromatic N) is 1. The van der Waals surface area contributed by atoms with Crippen LogP contribution in [-0.2, 0) is 16.1 Å². The molecule has 3 aromatic rings. The highest BCUT2D eigenvalue weighted by Gasteiger charge is 2.20. The number of benzene rings is 2. The van der Waals surface area contributed by atoms with Crippen LogP contribution in [0.1, 0.15) is 26.5 Å². The molecule has 0 atom stereocenters. The summed E-state index contributed by atoms with van der Waals surface area (Å²) in [5, 5.41) is 2.70.